The normalized spacial score (nSPS) is 11.8. The number of nitrogens with zero attached hydrogens (tertiary/aromatic N) is 1. The maximum Gasteiger partial charge on any atom is 0.280 e. The van der Waals surface area contributed by atoms with Crippen molar-refractivity contribution in [2.45, 2.75) is 19.6 Å². The zero-order chi connectivity index (χ0) is 23.8. The Kier molecular flexibility index (Phi) is 7.40. The van der Waals surface area contributed by atoms with Gasteiger partial charge in [0, 0.05) is 5.56 Å². The lowest BCUT2D eigenvalue weighted by Crippen LogP contribution is -2.33. The molecule has 0 aliphatic carbocycles. The number of methoxy groups -OCH3 is 1. The number of hydrogen-bond donors (Lipinski definition) is 1. The molecule has 6 heteroatoms. The minimum absolute atomic E-state index is 0.348. The van der Waals surface area contributed by atoms with Crippen LogP contribution in [0.4, 0.5) is 0 Å². The molecule has 0 spiro atoms. The molecule has 172 valence electrons. The quantitative estimate of drug-likeness (QED) is 0.274. The number of nitrogens with one attached hydrogen (secondary N) is 1. The molecule has 0 heterocycles. The zero-order valence-corrected chi connectivity index (χ0v) is 19.1. The molecule has 0 saturated heterocycles. The fraction of sp³-hybridized carbons (Fsp3) is 0.143. The van der Waals surface area contributed by atoms with Crippen molar-refractivity contribution in [3.05, 3.63) is 102 Å². The summed E-state index contributed by atoms with van der Waals surface area (Å²) in [5, 5.41) is 6.26. The van der Waals surface area contributed by atoms with Gasteiger partial charge in [0.15, 0.2) is 6.10 Å². The van der Waals surface area contributed by atoms with Crippen molar-refractivity contribution >= 4 is 22.9 Å². The topological polar surface area (TPSA) is 69.2 Å². The number of ether oxygens (including phenoxy) is 3. The summed E-state index contributed by atoms with van der Waals surface area (Å²) in [5.74, 6) is 1.71. The summed E-state index contributed by atoms with van der Waals surface area (Å²) in [4.78, 5) is 12.5. The van der Waals surface area contributed by atoms with Crippen molar-refractivity contribution in [1.82, 2.24) is 5.43 Å². The minimum atomic E-state index is -0.710. The Morgan fingerprint density at radius 3 is 2.56 bits per heavy atom. The number of amides is 1. The van der Waals surface area contributed by atoms with Crippen molar-refractivity contribution in [3.63, 3.8) is 0 Å². The fourth-order valence-corrected chi connectivity index (χ4v) is 3.40. The second-order valence-electron chi connectivity index (χ2n) is 7.68. The van der Waals surface area contributed by atoms with E-state index in [1.807, 2.05) is 91.0 Å². The van der Waals surface area contributed by atoms with Crippen LogP contribution in [-0.4, -0.2) is 25.3 Å². The summed E-state index contributed by atoms with van der Waals surface area (Å²) in [6, 6.07) is 28.9. The van der Waals surface area contributed by atoms with Gasteiger partial charge in [-0.2, -0.15) is 5.10 Å². The van der Waals surface area contributed by atoms with Crippen molar-refractivity contribution < 1.29 is 19.0 Å². The highest BCUT2D eigenvalue weighted by molar-refractivity contribution is 5.87. The van der Waals surface area contributed by atoms with Crippen molar-refractivity contribution in [1.29, 1.82) is 0 Å². The summed E-state index contributed by atoms with van der Waals surface area (Å²) in [5.41, 5.74) is 4.27. The Morgan fingerprint density at radius 2 is 1.71 bits per heavy atom. The Hall–Kier alpha value is -4.32. The Bertz CT molecular complexity index is 1300. The molecule has 34 heavy (non-hydrogen) atoms. The number of carbonyl (C=O) groups is 1. The molecule has 1 unspecified atom stereocenters. The molecule has 6 nitrogen and oxygen atoms in total. The Morgan fingerprint density at radius 1 is 0.912 bits per heavy atom. The predicted molar refractivity (Wildman–Crippen MR) is 134 cm³/mol. The molecule has 0 fully saturated rings. The largest absolute Gasteiger partial charge is 0.497 e. The maximum absolute atomic E-state index is 12.5. The van der Waals surface area contributed by atoms with Gasteiger partial charge in [-0.15, -0.1) is 0 Å². The summed E-state index contributed by atoms with van der Waals surface area (Å²) in [6.07, 6.45) is 0.847. The molecule has 0 saturated carbocycles. The Balaban J connectivity index is 1.34. The molecule has 1 N–H and O–H groups in total. The van der Waals surface area contributed by atoms with Crippen LogP contribution < -0.4 is 19.6 Å². The molecular weight excluding hydrogens is 428 g/mol. The first kappa shape index (κ1) is 22.9. The SMILES string of the molecule is COc1cccc(COc2ccccc2/C=N/NC(=O)C(C)Oc2ccc3ccccc3c2)c1. The Labute approximate surface area is 198 Å². The minimum Gasteiger partial charge on any atom is -0.497 e. The molecule has 4 aromatic rings. The van der Waals surface area contributed by atoms with Gasteiger partial charge in [-0.3, -0.25) is 4.79 Å². The van der Waals surface area contributed by atoms with E-state index in [4.69, 9.17) is 14.2 Å². The lowest BCUT2D eigenvalue weighted by Gasteiger charge is -2.13. The third-order valence-electron chi connectivity index (χ3n) is 5.23. The molecule has 4 aromatic carbocycles. The number of hydrogen-bond acceptors (Lipinski definition) is 5. The van der Waals surface area contributed by atoms with Crippen molar-refractivity contribution in [3.8, 4) is 17.2 Å². The fourth-order valence-electron chi connectivity index (χ4n) is 3.40. The van der Waals surface area contributed by atoms with Gasteiger partial charge < -0.3 is 14.2 Å². The van der Waals surface area contributed by atoms with Crippen LogP contribution in [0.25, 0.3) is 10.8 Å². The van der Waals surface area contributed by atoms with E-state index < -0.39 is 6.10 Å². The van der Waals surface area contributed by atoms with Gasteiger partial charge in [-0.25, -0.2) is 5.43 Å². The average Bonchev–Trinajstić information content (AvgIpc) is 2.88. The first-order valence-corrected chi connectivity index (χ1v) is 11.0. The number of fused-ring (bicyclic) bond motifs is 1. The highest BCUT2D eigenvalue weighted by Gasteiger charge is 2.14. The second-order valence-corrected chi connectivity index (χ2v) is 7.68. The predicted octanol–water partition coefficient (Wildman–Crippen LogP) is 5.35. The van der Waals surface area contributed by atoms with Crippen LogP contribution in [0, 0.1) is 0 Å². The van der Waals surface area contributed by atoms with Crippen LogP contribution in [0.1, 0.15) is 18.1 Å². The summed E-state index contributed by atoms with van der Waals surface area (Å²) in [7, 11) is 1.63. The maximum atomic E-state index is 12.5. The van der Waals surface area contributed by atoms with E-state index in [2.05, 4.69) is 10.5 Å². The van der Waals surface area contributed by atoms with Crippen LogP contribution in [0.5, 0.6) is 17.2 Å². The van der Waals surface area contributed by atoms with E-state index in [9.17, 15) is 4.79 Å². The molecule has 0 aliphatic heterocycles. The third-order valence-corrected chi connectivity index (χ3v) is 5.23. The number of hydrazone groups is 1. The number of benzene rings is 4. The first-order chi connectivity index (χ1) is 16.6. The van der Waals surface area contributed by atoms with Gasteiger partial charge in [0.2, 0.25) is 0 Å². The molecule has 1 atom stereocenters. The highest BCUT2D eigenvalue weighted by Crippen LogP contribution is 2.22. The molecule has 0 bridgehead atoms. The van der Waals surface area contributed by atoms with Gasteiger partial charge in [0.1, 0.15) is 23.9 Å². The third kappa shape index (κ3) is 5.92. The first-order valence-electron chi connectivity index (χ1n) is 11.0. The van der Waals surface area contributed by atoms with Gasteiger partial charge in [0.25, 0.3) is 5.91 Å². The van der Waals surface area contributed by atoms with E-state index in [0.29, 0.717) is 18.1 Å². The van der Waals surface area contributed by atoms with Crippen LogP contribution >= 0.6 is 0 Å². The average molecular weight is 455 g/mol. The molecule has 1 amide bonds. The molecule has 0 radical (unpaired) electrons. The summed E-state index contributed by atoms with van der Waals surface area (Å²) >= 11 is 0. The highest BCUT2D eigenvalue weighted by atomic mass is 16.5. The monoisotopic (exact) mass is 454 g/mol. The number of para-hydroxylation sites is 1. The smallest absolute Gasteiger partial charge is 0.280 e. The van der Waals surface area contributed by atoms with Gasteiger partial charge in [-0.05, 0) is 59.7 Å². The van der Waals surface area contributed by atoms with Crippen molar-refractivity contribution in [2.24, 2.45) is 5.10 Å². The molecule has 0 aromatic heterocycles. The van der Waals surface area contributed by atoms with Gasteiger partial charge in [0.05, 0.1) is 13.3 Å². The van der Waals surface area contributed by atoms with Gasteiger partial charge >= 0.3 is 0 Å². The van der Waals surface area contributed by atoms with Gasteiger partial charge in [-0.1, -0.05) is 54.6 Å². The molecular formula is C28H26N2O4. The van der Waals surface area contributed by atoms with E-state index in [-0.39, 0.29) is 5.91 Å². The van der Waals surface area contributed by atoms with Crippen LogP contribution in [0.2, 0.25) is 0 Å². The van der Waals surface area contributed by atoms with Crippen LogP contribution in [-0.2, 0) is 11.4 Å². The lowest BCUT2D eigenvalue weighted by atomic mass is 10.1. The second kappa shape index (κ2) is 11.0. The van der Waals surface area contributed by atoms with E-state index in [1.165, 1.54) is 0 Å². The molecule has 4 rings (SSSR count). The summed E-state index contributed by atoms with van der Waals surface area (Å²) in [6.45, 7) is 2.07. The summed E-state index contributed by atoms with van der Waals surface area (Å²) < 4.78 is 17.0. The standard InChI is InChI=1S/C28H26N2O4/c1-20(34-26-15-14-22-9-3-4-10-23(22)17-26)28(31)30-29-18-24-11-5-6-13-27(24)33-19-21-8-7-12-25(16-21)32-2/h3-18,20H,19H2,1-2H3,(H,30,31)/b29-18+. The lowest BCUT2D eigenvalue weighted by molar-refractivity contribution is -0.127. The van der Waals surface area contributed by atoms with E-state index in [1.54, 1.807) is 20.2 Å². The number of carbonyl (C=O) groups excluding carboxylic acids is 1. The number of rotatable bonds is 9. The van der Waals surface area contributed by atoms with E-state index in [0.717, 1.165) is 27.6 Å². The van der Waals surface area contributed by atoms with E-state index >= 15 is 0 Å². The molecule has 0 aliphatic rings. The van der Waals surface area contributed by atoms with Crippen LogP contribution in [0.15, 0.2) is 96.1 Å². The van der Waals surface area contributed by atoms with Crippen LogP contribution in [0.3, 0.4) is 0 Å². The van der Waals surface area contributed by atoms with Crippen molar-refractivity contribution in [2.75, 3.05) is 7.11 Å². The zero-order valence-electron chi connectivity index (χ0n) is 19.1.